The number of Topliss-reactive ketones (excluding diaryl/α,β-unsaturated/α-hetero) is 1. The molecule has 0 saturated heterocycles. The highest BCUT2D eigenvalue weighted by molar-refractivity contribution is 5.84. The monoisotopic (exact) mass is 182 g/mol. The van der Waals surface area contributed by atoms with Gasteiger partial charge in [0.1, 0.15) is 24.9 Å². The number of hydrogen-bond donors (Lipinski definition) is 5. The number of hydrogen-bond acceptors (Lipinski definition) is 6. The van der Waals surface area contributed by atoms with Crippen LogP contribution < -0.4 is 0 Å². The molecule has 6 heteroatoms. The number of aliphatic hydroxyl groups is 5. The van der Waals surface area contributed by atoms with Crippen LogP contribution in [-0.4, -0.2) is 62.8 Å². The van der Waals surface area contributed by atoms with E-state index in [1.54, 1.807) is 0 Å². The zero-order valence-corrected chi connectivity index (χ0v) is 6.08. The second-order valence-electron chi connectivity index (χ2n) is 2.05. The molecular weight excluding hydrogens is 168 g/mol. The highest BCUT2D eigenvalue weighted by Crippen LogP contribution is 2.00. The lowest BCUT2D eigenvalue weighted by molar-refractivity contribution is -0.142. The van der Waals surface area contributed by atoms with Crippen LogP contribution in [0.15, 0.2) is 0 Å². The first-order valence-electron chi connectivity index (χ1n) is 4.15. The second kappa shape index (κ2) is 5.18. The van der Waals surface area contributed by atoms with Crippen molar-refractivity contribution >= 4 is 5.78 Å². The fourth-order valence-electron chi connectivity index (χ4n) is 0.490. The molecular formula is C6H12O6. The Hall–Kier alpha value is -0.530. The minimum atomic E-state index is -3.12. The van der Waals surface area contributed by atoms with E-state index in [1.165, 1.54) is 0 Å². The summed E-state index contributed by atoms with van der Waals surface area (Å²) in [5.74, 6) is -1.29. The van der Waals surface area contributed by atoms with Crippen LogP contribution in [0.1, 0.15) is 2.74 Å². The third kappa shape index (κ3) is 2.84. The first kappa shape index (κ1) is 8.09. The van der Waals surface area contributed by atoms with Crippen molar-refractivity contribution in [2.24, 2.45) is 0 Å². The molecule has 0 bridgehead atoms. The standard InChI is InChI=1S/C6H12O6/c7-1-3(9)5(11)6(12)4(10)2-8/h3,5-9,11-12H,1-2H2/t3-,5-,6-/m1/s1/i1D,5D/t1?,3-,5-,6-. The molecule has 0 heterocycles. The quantitative estimate of drug-likeness (QED) is 0.303. The molecule has 12 heavy (non-hydrogen) atoms. The average molecular weight is 182 g/mol. The Morgan fingerprint density at radius 3 is 2.25 bits per heavy atom. The number of aliphatic hydroxyl groups excluding tert-OH is 4. The molecule has 6 nitrogen and oxygen atoms in total. The first-order valence-corrected chi connectivity index (χ1v) is 3.07. The summed E-state index contributed by atoms with van der Waals surface area (Å²) in [7, 11) is 0. The van der Waals surface area contributed by atoms with Gasteiger partial charge in [-0.3, -0.25) is 4.79 Å². The molecule has 0 fully saturated rings. The van der Waals surface area contributed by atoms with Crippen molar-refractivity contribution in [1.29, 1.82) is 0 Å². The molecule has 0 rings (SSSR count). The van der Waals surface area contributed by atoms with Crippen molar-refractivity contribution in [1.82, 2.24) is 0 Å². The molecule has 0 saturated carbocycles. The molecule has 0 amide bonds. The van der Waals surface area contributed by atoms with Crippen LogP contribution in [0.4, 0.5) is 0 Å². The largest absolute Gasteiger partial charge is 0.394 e. The summed E-state index contributed by atoms with van der Waals surface area (Å²) in [4.78, 5) is 10.7. The maximum atomic E-state index is 10.7. The van der Waals surface area contributed by atoms with Gasteiger partial charge < -0.3 is 25.5 Å². The van der Waals surface area contributed by atoms with Crippen LogP contribution in [0.5, 0.6) is 0 Å². The second-order valence-corrected chi connectivity index (χ2v) is 2.05. The van der Waals surface area contributed by atoms with E-state index in [9.17, 15) is 4.79 Å². The molecule has 1 unspecified atom stereocenters. The third-order valence-electron chi connectivity index (χ3n) is 1.19. The maximum absolute atomic E-state index is 10.7. The van der Waals surface area contributed by atoms with Gasteiger partial charge in [0.25, 0.3) is 0 Å². The van der Waals surface area contributed by atoms with E-state index < -0.39 is 37.3 Å². The zero-order valence-electron chi connectivity index (χ0n) is 8.08. The summed E-state index contributed by atoms with van der Waals surface area (Å²) in [5.41, 5.74) is 0. The van der Waals surface area contributed by atoms with Gasteiger partial charge in [0.15, 0.2) is 5.78 Å². The van der Waals surface area contributed by atoms with Crippen LogP contribution in [0, 0.1) is 0 Å². The van der Waals surface area contributed by atoms with E-state index in [2.05, 4.69) is 0 Å². The molecule has 0 aromatic rings. The third-order valence-corrected chi connectivity index (χ3v) is 1.19. The van der Waals surface area contributed by atoms with Gasteiger partial charge in [0.2, 0.25) is 0 Å². The molecule has 0 aliphatic carbocycles. The lowest BCUT2D eigenvalue weighted by Crippen LogP contribution is -2.44. The van der Waals surface area contributed by atoms with Gasteiger partial charge in [0.05, 0.1) is 9.32 Å². The fraction of sp³-hybridized carbons (Fsp3) is 0.833. The normalized spacial score (nSPS) is 26.1. The SMILES string of the molecule is [2H]C(O)[C@@H](O)[C@@]([2H])(O)[C@H](O)C(=O)CO. The Morgan fingerprint density at radius 1 is 1.42 bits per heavy atom. The van der Waals surface area contributed by atoms with Gasteiger partial charge in [0, 0.05) is 0 Å². The summed E-state index contributed by atoms with van der Waals surface area (Å²) >= 11 is 0. The number of ketones is 1. The molecule has 0 aromatic carbocycles. The minimum Gasteiger partial charge on any atom is -0.394 e. The molecule has 4 atom stereocenters. The van der Waals surface area contributed by atoms with Crippen LogP contribution in [-0.2, 0) is 4.79 Å². The topological polar surface area (TPSA) is 118 Å². The Kier molecular flexibility index (Phi) is 3.49. The smallest absolute Gasteiger partial charge is 0.189 e. The average Bonchev–Trinajstić information content (AvgIpc) is 2.13. The molecule has 0 aromatic heterocycles. The van der Waals surface area contributed by atoms with Crippen LogP contribution in [0.25, 0.3) is 0 Å². The van der Waals surface area contributed by atoms with E-state index in [0.717, 1.165) is 0 Å². The molecule has 72 valence electrons. The number of rotatable bonds is 5. The fourth-order valence-corrected chi connectivity index (χ4v) is 0.490. The predicted molar refractivity (Wildman–Crippen MR) is 37.2 cm³/mol. The predicted octanol–water partition coefficient (Wildman–Crippen LogP) is -3.38. The Bertz CT molecular complexity index is 206. The number of carbonyl (C=O) groups excluding carboxylic acids is 1. The van der Waals surface area contributed by atoms with E-state index in [-0.39, 0.29) is 0 Å². The van der Waals surface area contributed by atoms with E-state index in [4.69, 9.17) is 28.3 Å². The van der Waals surface area contributed by atoms with Gasteiger partial charge in [-0.15, -0.1) is 0 Å². The Morgan fingerprint density at radius 2 is 1.92 bits per heavy atom. The Labute approximate surface area is 71.5 Å². The zero-order chi connectivity index (χ0) is 11.5. The molecule has 0 radical (unpaired) electrons. The molecule has 5 N–H and O–H groups in total. The summed E-state index contributed by atoms with van der Waals surface area (Å²) in [6, 6.07) is 0. The van der Waals surface area contributed by atoms with Crippen molar-refractivity contribution in [2.75, 3.05) is 13.2 Å². The van der Waals surface area contributed by atoms with Crippen molar-refractivity contribution in [2.45, 2.75) is 18.3 Å². The highest BCUT2D eigenvalue weighted by atomic mass is 16.4. The van der Waals surface area contributed by atoms with Crippen molar-refractivity contribution in [3.63, 3.8) is 0 Å². The summed E-state index contributed by atoms with van der Waals surface area (Å²) in [6.07, 6.45) is -7.85. The lowest BCUT2D eigenvalue weighted by atomic mass is 10.1. The molecule has 0 spiro atoms. The molecule has 0 aliphatic rings. The van der Waals surface area contributed by atoms with Gasteiger partial charge >= 0.3 is 0 Å². The molecule has 0 aliphatic heterocycles. The van der Waals surface area contributed by atoms with Gasteiger partial charge in [-0.25, -0.2) is 0 Å². The lowest BCUT2D eigenvalue weighted by Gasteiger charge is -2.19. The van der Waals surface area contributed by atoms with Crippen molar-refractivity contribution in [3.8, 4) is 0 Å². The summed E-state index contributed by atoms with van der Waals surface area (Å²) in [5, 5.41) is 43.7. The highest BCUT2D eigenvalue weighted by Gasteiger charge is 2.28. The maximum Gasteiger partial charge on any atom is 0.189 e. The Balaban J connectivity index is 4.67. The summed E-state index contributed by atoms with van der Waals surface area (Å²) in [6.45, 7) is -3.36. The first-order chi connectivity index (χ1) is 6.25. The van der Waals surface area contributed by atoms with E-state index in [0.29, 0.717) is 0 Å². The van der Waals surface area contributed by atoms with Gasteiger partial charge in [-0.1, -0.05) is 0 Å². The van der Waals surface area contributed by atoms with Gasteiger partial charge in [-0.05, 0) is 0 Å². The van der Waals surface area contributed by atoms with Crippen LogP contribution in [0.2, 0.25) is 0 Å². The van der Waals surface area contributed by atoms with Crippen molar-refractivity contribution < 1.29 is 33.1 Å². The van der Waals surface area contributed by atoms with Crippen LogP contribution >= 0.6 is 0 Å². The van der Waals surface area contributed by atoms with Crippen LogP contribution in [0.3, 0.4) is 0 Å². The van der Waals surface area contributed by atoms with Gasteiger partial charge in [-0.2, -0.15) is 0 Å². The van der Waals surface area contributed by atoms with Crippen molar-refractivity contribution in [3.05, 3.63) is 0 Å². The number of carbonyl (C=O) groups is 1. The van der Waals surface area contributed by atoms with E-state index >= 15 is 0 Å². The summed E-state index contributed by atoms with van der Waals surface area (Å²) < 4.78 is 13.5. The minimum absolute atomic E-state index is 1.12. The van der Waals surface area contributed by atoms with E-state index in [1.807, 2.05) is 0 Å².